The number of benzene rings is 1. The van der Waals surface area contributed by atoms with Gasteiger partial charge in [0.25, 0.3) is 0 Å². The minimum atomic E-state index is 0.0487. The molecule has 1 aliphatic rings. The summed E-state index contributed by atoms with van der Waals surface area (Å²) in [7, 11) is 0. The first-order valence-corrected chi connectivity index (χ1v) is 5.15. The molecule has 2 rings (SSSR count). The fourth-order valence-corrected chi connectivity index (χ4v) is 1.77. The maximum absolute atomic E-state index is 9.29. The van der Waals surface area contributed by atoms with Crippen molar-refractivity contribution in [3.63, 3.8) is 0 Å². The molecule has 76 valence electrons. The summed E-state index contributed by atoms with van der Waals surface area (Å²) >= 11 is 0. The van der Waals surface area contributed by atoms with E-state index < -0.39 is 0 Å². The summed E-state index contributed by atoms with van der Waals surface area (Å²) < 4.78 is 5.43. The molecular weight excluding hydrogens is 176 g/mol. The summed E-state index contributed by atoms with van der Waals surface area (Å²) in [6.45, 7) is 2.92. The quantitative estimate of drug-likeness (QED) is 0.791. The Morgan fingerprint density at radius 2 is 2.21 bits per heavy atom. The zero-order chi connectivity index (χ0) is 10.0. The fraction of sp³-hybridized carbons (Fsp3) is 0.500. The molecule has 0 spiro atoms. The highest BCUT2D eigenvalue weighted by atomic mass is 16.5. The number of hydrogen-bond donors (Lipinski definition) is 1. The van der Waals surface area contributed by atoms with Gasteiger partial charge < -0.3 is 9.84 Å². The number of hydrogen-bond acceptors (Lipinski definition) is 2. The van der Waals surface area contributed by atoms with Crippen molar-refractivity contribution in [3.05, 3.63) is 29.8 Å². The number of aliphatic hydroxyl groups is 1. The fourth-order valence-electron chi connectivity index (χ4n) is 1.77. The normalized spacial score (nSPS) is 17.9. The average molecular weight is 192 g/mol. The molecule has 0 unspecified atom stereocenters. The Hall–Kier alpha value is -1.02. The summed E-state index contributed by atoms with van der Waals surface area (Å²) in [6, 6.07) is 8.08. The van der Waals surface area contributed by atoms with Crippen LogP contribution in [0.3, 0.4) is 0 Å². The van der Waals surface area contributed by atoms with Gasteiger partial charge in [-0.25, -0.2) is 0 Å². The monoisotopic (exact) mass is 192 g/mol. The summed E-state index contributed by atoms with van der Waals surface area (Å²) in [5, 5.41) is 9.29. The molecule has 0 aliphatic heterocycles. The van der Waals surface area contributed by atoms with Gasteiger partial charge in [-0.15, -0.1) is 0 Å². The lowest BCUT2D eigenvalue weighted by molar-refractivity contribution is 0.254. The molecule has 0 bridgehead atoms. The highest BCUT2D eigenvalue weighted by Crippen LogP contribution is 2.48. The summed E-state index contributed by atoms with van der Waals surface area (Å²) in [4.78, 5) is 0. The minimum Gasteiger partial charge on any atom is -0.494 e. The maximum Gasteiger partial charge on any atom is 0.119 e. The third-order valence-corrected chi connectivity index (χ3v) is 2.91. The van der Waals surface area contributed by atoms with E-state index in [1.165, 1.54) is 5.56 Å². The van der Waals surface area contributed by atoms with E-state index in [2.05, 4.69) is 6.07 Å². The summed E-state index contributed by atoms with van der Waals surface area (Å²) in [5.41, 5.74) is 1.26. The minimum absolute atomic E-state index is 0.0487. The van der Waals surface area contributed by atoms with Crippen molar-refractivity contribution >= 4 is 0 Å². The molecule has 2 nitrogen and oxygen atoms in total. The van der Waals surface area contributed by atoms with Gasteiger partial charge in [0.1, 0.15) is 5.75 Å². The van der Waals surface area contributed by atoms with Gasteiger partial charge in [-0.05, 0) is 37.5 Å². The molecule has 0 aromatic heterocycles. The van der Waals surface area contributed by atoms with E-state index in [9.17, 15) is 5.11 Å². The molecule has 1 N–H and O–H groups in total. The Morgan fingerprint density at radius 1 is 1.43 bits per heavy atom. The summed E-state index contributed by atoms with van der Waals surface area (Å²) in [5.74, 6) is 0.907. The van der Waals surface area contributed by atoms with E-state index in [4.69, 9.17) is 4.74 Å². The lowest BCUT2D eigenvalue weighted by Gasteiger charge is -2.13. The maximum atomic E-state index is 9.29. The molecule has 0 atom stereocenters. The van der Waals surface area contributed by atoms with Crippen LogP contribution in [0.1, 0.15) is 25.3 Å². The van der Waals surface area contributed by atoms with Crippen molar-refractivity contribution in [1.29, 1.82) is 0 Å². The van der Waals surface area contributed by atoms with E-state index in [1.54, 1.807) is 0 Å². The molecule has 0 heterocycles. The standard InChI is InChI=1S/C12H16O2/c1-2-14-11-5-3-4-10(8-11)12(9-13)6-7-12/h3-5,8,13H,2,6-7,9H2,1H3. The second-order valence-electron chi connectivity index (χ2n) is 3.90. The molecule has 0 saturated heterocycles. The zero-order valence-corrected chi connectivity index (χ0v) is 8.49. The van der Waals surface area contributed by atoms with Gasteiger partial charge in [-0.2, -0.15) is 0 Å². The Bertz CT molecular complexity index is 316. The molecule has 1 saturated carbocycles. The van der Waals surface area contributed by atoms with Crippen LogP contribution in [0.4, 0.5) is 0 Å². The van der Waals surface area contributed by atoms with Crippen LogP contribution in [0.5, 0.6) is 5.75 Å². The highest BCUT2D eigenvalue weighted by molar-refractivity contribution is 5.37. The van der Waals surface area contributed by atoms with E-state index in [1.807, 2.05) is 25.1 Å². The van der Waals surface area contributed by atoms with Crippen molar-refractivity contribution in [2.75, 3.05) is 13.2 Å². The molecule has 1 fully saturated rings. The van der Waals surface area contributed by atoms with Crippen LogP contribution in [0.2, 0.25) is 0 Å². The van der Waals surface area contributed by atoms with Gasteiger partial charge in [0.2, 0.25) is 0 Å². The first-order valence-electron chi connectivity index (χ1n) is 5.15. The zero-order valence-electron chi connectivity index (χ0n) is 8.49. The lowest BCUT2D eigenvalue weighted by atomic mass is 9.97. The number of aliphatic hydroxyl groups excluding tert-OH is 1. The van der Waals surface area contributed by atoms with Crippen LogP contribution in [0, 0.1) is 0 Å². The van der Waals surface area contributed by atoms with Crippen molar-refractivity contribution in [3.8, 4) is 5.75 Å². The van der Waals surface area contributed by atoms with Gasteiger partial charge in [0, 0.05) is 5.41 Å². The van der Waals surface area contributed by atoms with Gasteiger partial charge in [-0.1, -0.05) is 12.1 Å². The molecule has 14 heavy (non-hydrogen) atoms. The van der Waals surface area contributed by atoms with Crippen molar-refractivity contribution in [2.45, 2.75) is 25.2 Å². The molecule has 1 aliphatic carbocycles. The second kappa shape index (κ2) is 3.62. The largest absolute Gasteiger partial charge is 0.494 e. The third-order valence-electron chi connectivity index (χ3n) is 2.91. The van der Waals surface area contributed by atoms with E-state index in [0.717, 1.165) is 18.6 Å². The molecule has 2 heteroatoms. The summed E-state index contributed by atoms with van der Waals surface area (Å²) in [6.07, 6.45) is 2.19. The molecule has 1 aromatic carbocycles. The lowest BCUT2D eigenvalue weighted by Crippen LogP contribution is -2.11. The van der Waals surface area contributed by atoms with Crippen LogP contribution in [-0.4, -0.2) is 18.3 Å². The SMILES string of the molecule is CCOc1cccc(C2(CO)CC2)c1. The van der Waals surface area contributed by atoms with Gasteiger partial charge in [0.05, 0.1) is 13.2 Å². The van der Waals surface area contributed by atoms with Gasteiger partial charge >= 0.3 is 0 Å². The number of rotatable bonds is 4. The average Bonchev–Trinajstić information content (AvgIpc) is 2.99. The van der Waals surface area contributed by atoms with Gasteiger partial charge in [-0.3, -0.25) is 0 Å². The molecule has 0 amide bonds. The van der Waals surface area contributed by atoms with Crippen molar-refractivity contribution < 1.29 is 9.84 Å². The van der Waals surface area contributed by atoms with Gasteiger partial charge in [0.15, 0.2) is 0 Å². The predicted octanol–water partition coefficient (Wildman–Crippen LogP) is 2.11. The van der Waals surface area contributed by atoms with E-state index in [0.29, 0.717) is 6.61 Å². The smallest absolute Gasteiger partial charge is 0.119 e. The van der Waals surface area contributed by atoms with Crippen LogP contribution >= 0.6 is 0 Å². The Balaban J connectivity index is 2.22. The number of ether oxygens (including phenoxy) is 1. The predicted molar refractivity (Wildman–Crippen MR) is 55.6 cm³/mol. The van der Waals surface area contributed by atoms with Crippen LogP contribution < -0.4 is 4.74 Å². The molecular formula is C12H16O2. The first kappa shape index (κ1) is 9.53. The molecule has 1 aromatic rings. The first-order chi connectivity index (χ1) is 6.80. The second-order valence-corrected chi connectivity index (χ2v) is 3.90. The third kappa shape index (κ3) is 1.62. The highest BCUT2D eigenvalue weighted by Gasteiger charge is 2.43. The Kier molecular flexibility index (Phi) is 2.46. The van der Waals surface area contributed by atoms with Crippen LogP contribution in [0.25, 0.3) is 0 Å². The van der Waals surface area contributed by atoms with E-state index in [-0.39, 0.29) is 12.0 Å². The van der Waals surface area contributed by atoms with Crippen molar-refractivity contribution in [1.82, 2.24) is 0 Å². The topological polar surface area (TPSA) is 29.5 Å². The van der Waals surface area contributed by atoms with Crippen LogP contribution in [-0.2, 0) is 5.41 Å². The van der Waals surface area contributed by atoms with E-state index >= 15 is 0 Å². The Labute approximate surface area is 84.5 Å². The Morgan fingerprint density at radius 3 is 2.79 bits per heavy atom. The molecule has 0 radical (unpaired) electrons. The van der Waals surface area contributed by atoms with Crippen LogP contribution in [0.15, 0.2) is 24.3 Å². The van der Waals surface area contributed by atoms with Crippen molar-refractivity contribution in [2.24, 2.45) is 0 Å².